The SMILES string of the molecule is Nc1ccc2c(C(=O)NCc3ccc(Cl)s3)c[nH]c2c1. The number of rotatable bonds is 3. The smallest absolute Gasteiger partial charge is 0.253 e. The van der Waals surface area contributed by atoms with E-state index in [1.54, 1.807) is 12.3 Å². The van der Waals surface area contributed by atoms with E-state index in [-0.39, 0.29) is 5.91 Å². The van der Waals surface area contributed by atoms with Crippen molar-refractivity contribution in [2.45, 2.75) is 6.54 Å². The minimum Gasteiger partial charge on any atom is -0.399 e. The van der Waals surface area contributed by atoms with Crippen LogP contribution in [-0.4, -0.2) is 10.9 Å². The topological polar surface area (TPSA) is 70.9 Å². The van der Waals surface area contributed by atoms with E-state index in [9.17, 15) is 4.79 Å². The maximum absolute atomic E-state index is 12.2. The summed E-state index contributed by atoms with van der Waals surface area (Å²) in [4.78, 5) is 16.3. The van der Waals surface area contributed by atoms with Crippen LogP contribution in [0.5, 0.6) is 0 Å². The zero-order valence-corrected chi connectivity index (χ0v) is 12.0. The van der Waals surface area contributed by atoms with Gasteiger partial charge in [0.1, 0.15) is 0 Å². The highest BCUT2D eigenvalue weighted by Crippen LogP contribution is 2.22. The molecule has 0 saturated heterocycles. The van der Waals surface area contributed by atoms with Crippen LogP contribution in [0.4, 0.5) is 5.69 Å². The number of H-pyrrole nitrogens is 1. The fraction of sp³-hybridized carbons (Fsp3) is 0.0714. The molecule has 0 bridgehead atoms. The quantitative estimate of drug-likeness (QED) is 0.649. The number of anilines is 1. The molecular formula is C14H12ClN3OS. The zero-order chi connectivity index (χ0) is 14.1. The number of aromatic amines is 1. The number of hydrogen-bond donors (Lipinski definition) is 3. The Morgan fingerprint density at radius 1 is 1.35 bits per heavy atom. The lowest BCUT2D eigenvalue weighted by Gasteiger charge is -2.02. The minimum absolute atomic E-state index is 0.120. The number of fused-ring (bicyclic) bond motifs is 1. The number of aromatic nitrogens is 1. The van der Waals surface area contributed by atoms with Gasteiger partial charge in [0, 0.05) is 27.7 Å². The lowest BCUT2D eigenvalue weighted by Crippen LogP contribution is -2.21. The van der Waals surface area contributed by atoms with Crippen molar-refractivity contribution in [3.8, 4) is 0 Å². The summed E-state index contributed by atoms with van der Waals surface area (Å²) < 4.78 is 0.719. The van der Waals surface area contributed by atoms with Crippen LogP contribution in [-0.2, 0) is 6.54 Å². The minimum atomic E-state index is -0.120. The maximum atomic E-state index is 12.2. The van der Waals surface area contributed by atoms with Gasteiger partial charge in [0.15, 0.2) is 0 Å². The van der Waals surface area contributed by atoms with Gasteiger partial charge in [0.25, 0.3) is 5.91 Å². The van der Waals surface area contributed by atoms with Crippen LogP contribution in [0.1, 0.15) is 15.2 Å². The van der Waals surface area contributed by atoms with E-state index in [1.807, 2.05) is 24.3 Å². The number of thiophene rings is 1. The molecule has 20 heavy (non-hydrogen) atoms. The lowest BCUT2D eigenvalue weighted by atomic mass is 10.1. The third-order valence-electron chi connectivity index (χ3n) is 3.00. The van der Waals surface area contributed by atoms with Crippen molar-refractivity contribution in [2.75, 3.05) is 5.73 Å². The molecule has 0 saturated carbocycles. The van der Waals surface area contributed by atoms with Gasteiger partial charge in [-0.15, -0.1) is 11.3 Å². The molecule has 0 fully saturated rings. The van der Waals surface area contributed by atoms with Crippen LogP contribution < -0.4 is 11.1 Å². The van der Waals surface area contributed by atoms with E-state index in [2.05, 4.69) is 10.3 Å². The summed E-state index contributed by atoms with van der Waals surface area (Å²) in [6.45, 7) is 0.470. The molecule has 0 spiro atoms. The highest BCUT2D eigenvalue weighted by atomic mass is 35.5. The normalized spacial score (nSPS) is 10.8. The Kier molecular flexibility index (Phi) is 3.38. The number of halogens is 1. The van der Waals surface area contributed by atoms with Crippen LogP contribution >= 0.6 is 22.9 Å². The molecule has 3 aromatic rings. The van der Waals surface area contributed by atoms with Crippen LogP contribution in [0, 0.1) is 0 Å². The van der Waals surface area contributed by atoms with E-state index in [0.717, 1.165) is 20.1 Å². The molecule has 0 aliphatic rings. The van der Waals surface area contributed by atoms with Crippen LogP contribution in [0.2, 0.25) is 4.34 Å². The molecule has 0 aliphatic carbocycles. The Bertz CT molecular complexity index is 778. The van der Waals surface area contributed by atoms with Crippen molar-refractivity contribution in [2.24, 2.45) is 0 Å². The number of benzene rings is 1. The first kappa shape index (κ1) is 13.0. The van der Waals surface area contributed by atoms with E-state index in [1.165, 1.54) is 11.3 Å². The van der Waals surface area contributed by atoms with Gasteiger partial charge in [-0.25, -0.2) is 0 Å². The average molecular weight is 306 g/mol. The first-order chi connectivity index (χ1) is 9.63. The molecule has 1 amide bonds. The maximum Gasteiger partial charge on any atom is 0.253 e. The summed E-state index contributed by atoms with van der Waals surface area (Å²) in [5, 5.41) is 3.74. The molecule has 102 valence electrons. The Morgan fingerprint density at radius 3 is 2.95 bits per heavy atom. The standard InChI is InChI=1S/C14H12ClN3OS/c15-13-4-2-9(20-13)6-18-14(19)11-7-17-12-5-8(16)1-3-10(11)12/h1-5,7,17H,6,16H2,(H,18,19). The summed E-state index contributed by atoms with van der Waals surface area (Å²) >= 11 is 7.32. The first-order valence-corrected chi connectivity index (χ1v) is 7.22. The van der Waals surface area contributed by atoms with Crippen molar-refractivity contribution in [3.63, 3.8) is 0 Å². The van der Waals surface area contributed by atoms with Crippen LogP contribution in [0.15, 0.2) is 36.5 Å². The summed E-state index contributed by atoms with van der Waals surface area (Å²) in [5.41, 5.74) is 7.85. The van der Waals surface area contributed by atoms with Crippen molar-refractivity contribution in [3.05, 3.63) is 51.3 Å². The number of nitrogens with two attached hydrogens (primary N) is 1. The second-order valence-corrected chi connectivity index (χ2v) is 6.20. The number of hydrogen-bond acceptors (Lipinski definition) is 3. The number of carbonyl (C=O) groups is 1. The van der Waals surface area contributed by atoms with Gasteiger partial charge in [0.05, 0.1) is 16.4 Å². The first-order valence-electron chi connectivity index (χ1n) is 6.02. The van der Waals surface area contributed by atoms with Crippen molar-refractivity contribution >= 4 is 45.4 Å². The van der Waals surface area contributed by atoms with Crippen LogP contribution in [0.25, 0.3) is 10.9 Å². The number of nitrogen functional groups attached to an aromatic ring is 1. The Morgan fingerprint density at radius 2 is 2.20 bits per heavy atom. The molecule has 0 aliphatic heterocycles. The molecule has 0 atom stereocenters. The Labute approximate surface area is 124 Å². The van der Waals surface area contributed by atoms with Crippen molar-refractivity contribution in [1.82, 2.24) is 10.3 Å². The summed E-state index contributed by atoms with van der Waals surface area (Å²) in [7, 11) is 0. The largest absolute Gasteiger partial charge is 0.399 e. The van der Waals surface area contributed by atoms with Gasteiger partial charge >= 0.3 is 0 Å². The predicted molar refractivity (Wildman–Crippen MR) is 83.2 cm³/mol. The van der Waals surface area contributed by atoms with Gasteiger partial charge in [-0.2, -0.15) is 0 Å². The molecule has 1 aromatic carbocycles. The van der Waals surface area contributed by atoms with Gasteiger partial charge in [-0.1, -0.05) is 11.6 Å². The number of nitrogens with one attached hydrogen (secondary N) is 2. The third-order valence-corrected chi connectivity index (χ3v) is 4.23. The monoisotopic (exact) mass is 305 g/mol. The van der Waals surface area contributed by atoms with Crippen LogP contribution in [0.3, 0.4) is 0 Å². The van der Waals surface area contributed by atoms with E-state index >= 15 is 0 Å². The molecule has 3 rings (SSSR count). The zero-order valence-electron chi connectivity index (χ0n) is 10.4. The highest BCUT2D eigenvalue weighted by Gasteiger charge is 2.12. The van der Waals surface area contributed by atoms with Crippen molar-refractivity contribution < 1.29 is 4.79 Å². The fourth-order valence-electron chi connectivity index (χ4n) is 2.04. The van der Waals surface area contributed by atoms with E-state index in [4.69, 9.17) is 17.3 Å². The highest BCUT2D eigenvalue weighted by molar-refractivity contribution is 7.16. The third kappa shape index (κ3) is 2.50. The summed E-state index contributed by atoms with van der Waals surface area (Å²) in [6, 6.07) is 9.17. The van der Waals surface area contributed by atoms with Gasteiger partial charge in [-0.3, -0.25) is 4.79 Å². The molecule has 6 heteroatoms. The number of amides is 1. The van der Waals surface area contributed by atoms with Gasteiger partial charge < -0.3 is 16.0 Å². The summed E-state index contributed by atoms with van der Waals surface area (Å²) in [5.74, 6) is -0.120. The lowest BCUT2D eigenvalue weighted by molar-refractivity contribution is 0.0953. The molecular weight excluding hydrogens is 294 g/mol. The molecule has 4 nitrogen and oxygen atoms in total. The summed E-state index contributed by atoms with van der Waals surface area (Å²) in [6.07, 6.45) is 1.70. The Balaban J connectivity index is 1.78. The second-order valence-electron chi connectivity index (χ2n) is 4.40. The molecule has 2 aromatic heterocycles. The molecule has 0 radical (unpaired) electrons. The number of carbonyl (C=O) groups excluding carboxylic acids is 1. The van der Waals surface area contributed by atoms with Gasteiger partial charge in [-0.05, 0) is 30.3 Å². The average Bonchev–Trinajstić information content (AvgIpc) is 3.01. The van der Waals surface area contributed by atoms with Gasteiger partial charge in [0.2, 0.25) is 0 Å². The predicted octanol–water partition coefficient (Wildman–Crippen LogP) is 3.40. The van der Waals surface area contributed by atoms with Crippen molar-refractivity contribution in [1.29, 1.82) is 0 Å². The molecule has 2 heterocycles. The molecule has 4 N–H and O–H groups in total. The second kappa shape index (κ2) is 5.19. The van der Waals surface area contributed by atoms with E-state index in [0.29, 0.717) is 17.8 Å². The fourth-order valence-corrected chi connectivity index (χ4v) is 3.07. The molecule has 0 unspecified atom stereocenters. The van der Waals surface area contributed by atoms with E-state index < -0.39 is 0 Å². The Hall–Kier alpha value is -1.98.